The SMILES string of the molecule is CC(=O)N1CCc2cc(N[C@@H](C)C(=O)Nc3ccc(N4CCCCC4)cc3)ccc21. The standard InChI is InChI=1S/C24H30N4O2/c1-17(25-21-8-11-23-19(16-21)12-15-28(23)18(2)29)24(30)26-20-6-9-22(10-7-20)27-13-4-3-5-14-27/h6-11,16-17,25H,3-5,12-15H2,1-2H3,(H,26,30)/t17-/m0/s1. The largest absolute Gasteiger partial charge is 0.374 e. The van der Waals surface area contributed by atoms with Gasteiger partial charge in [-0.05, 0) is 80.6 Å². The fourth-order valence-corrected chi connectivity index (χ4v) is 4.29. The molecule has 0 bridgehead atoms. The van der Waals surface area contributed by atoms with Crippen molar-refractivity contribution in [2.45, 2.75) is 45.6 Å². The maximum atomic E-state index is 12.6. The summed E-state index contributed by atoms with van der Waals surface area (Å²) in [5.41, 5.74) is 5.02. The van der Waals surface area contributed by atoms with E-state index in [1.54, 1.807) is 11.8 Å². The summed E-state index contributed by atoms with van der Waals surface area (Å²) in [6.45, 7) is 6.38. The van der Waals surface area contributed by atoms with E-state index in [-0.39, 0.29) is 17.9 Å². The van der Waals surface area contributed by atoms with Crippen LogP contribution in [0.25, 0.3) is 0 Å². The quantitative estimate of drug-likeness (QED) is 0.787. The minimum atomic E-state index is -0.380. The summed E-state index contributed by atoms with van der Waals surface area (Å²) in [5.74, 6) is -0.0138. The number of benzene rings is 2. The Balaban J connectivity index is 1.34. The molecule has 4 rings (SSSR count). The van der Waals surface area contributed by atoms with Crippen molar-refractivity contribution in [1.29, 1.82) is 0 Å². The lowest BCUT2D eigenvalue weighted by atomic mass is 10.1. The van der Waals surface area contributed by atoms with Gasteiger partial charge in [-0.25, -0.2) is 0 Å². The van der Waals surface area contributed by atoms with Crippen LogP contribution in [0, 0.1) is 0 Å². The first kappa shape index (κ1) is 20.3. The number of hydrogen-bond acceptors (Lipinski definition) is 4. The molecule has 2 N–H and O–H groups in total. The number of carbonyl (C=O) groups excluding carboxylic acids is 2. The van der Waals surface area contributed by atoms with Gasteiger partial charge in [0, 0.05) is 49.3 Å². The van der Waals surface area contributed by atoms with E-state index in [1.165, 1.54) is 24.9 Å². The molecule has 2 aromatic carbocycles. The van der Waals surface area contributed by atoms with E-state index >= 15 is 0 Å². The van der Waals surface area contributed by atoms with Crippen LogP contribution in [0.15, 0.2) is 42.5 Å². The van der Waals surface area contributed by atoms with Crippen molar-refractivity contribution in [3.05, 3.63) is 48.0 Å². The fourth-order valence-electron chi connectivity index (χ4n) is 4.29. The van der Waals surface area contributed by atoms with Crippen LogP contribution < -0.4 is 20.4 Å². The van der Waals surface area contributed by atoms with Gasteiger partial charge in [-0.1, -0.05) is 0 Å². The lowest BCUT2D eigenvalue weighted by Gasteiger charge is -2.28. The van der Waals surface area contributed by atoms with E-state index < -0.39 is 0 Å². The van der Waals surface area contributed by atoms with E-state index in [4.69, 9.17) is 0 Å². The van der Waals surface area contributed by atoms with Gasteiger partial charge in [0.05, 0.1) is 0 Å². The van der Waals surface area contributed by atoms with Gasteiger partial charge in [0.15, 0.2) is 0 Å². The lowest BCUT2D eigenvalue weighted by Crippen LogP contribution is -2.32. The van der Waals surface area contributed by atoms with Gasteiger partial charge in [-0.15, -0.1) is 0 Å². The second-order valence-corrected chi connectivity index (χ2v) is 8.21. The van der Waals surface area contributed by atoms with Crippen LogP contribution >= 0.6 is 0 Å². The Bertz CT molecular complexity index is 919. The zero-order valence-electron chi connectivity index (χ0n) is 17.8. The minimum absolute atomic E-state index is 0.0634. The van der Waals surface area contributed by atoms with Gasteiger partial charge < -0.3 is 20.4 Å². The Morgan fingerprint density at radius 3 is 2.33 bits per heavy atom. The molecule has 6 heteroatoms. The van der Waals surface area contributed by atoms with Gasteiger partial charge in [0.2, 0.25) is 11.8 Å². The third kappa shape index (κ3) is 4.42. The van der Waals surface area contributed by atoms with Crippen LogP contribution in [0.4, 0.5) is 22.7 Å². The molecule has 0 aromatic heterocycles. The van der Waals surface area contributed by atoms with Crippen molar-refractivity contribution in [3.63, 3.8) is 0 Å². The highest BCUT2D eigenvalue weighted by molar-refractivity contribution is 5.97. The summed E-state index contributed by atoms with van der Waals surface area (Å²) in [7, 11) is 0. The monoisotopic (exact) mass is 406 g/mol. The molecule has 6 nitrogen and oxygen atoms in total. The van der Waals surface area contributed by atoms with E-state index in [2.05, 4.69) is 27.7 Å². The van der Waals surface area contributed by atoms with Crippen LogP contribution in [-0.2, 0) is 16.0 Å². The van der Waals surface area contributed by atoms with Crippen molar-refractivity contribution in [1.82, 2.24) is 0 Å². The average molecular weight is 407 g/mol. The van der Waals surface area contributed by atoms with Crippen molar-refractivity contribution in [2.24, 2.45) is 0 Å². The first-order valence-corrected chi connectivity index (χ1v) is 10.8. The molecule has 2 aromatic rings. The molecular weight excluding hydrogens is 376 g/mol. The maximum absolute atomic E-state index is 12.6. The molecule has 0 unspecified atom stereocenters. The number of rotatable bonds is 5. The van der Waals surface area contributed by atoms with Gasteiger partial charge in [-0.3, -0.25) is 9.59 Å². The predicted molar refractivity (Wildman–Crippen MR) is 122 cm³/mol. The molecule has 0 spiro atoms. The number of piperidine rings is 1. The van der Waals surface area contributed by atoms with E-state index in [1.807, 2.05) is 37.3 Å². The molecule has 0 saturated carbocycles. The number of nitrogens with zero attached hydrogens (tertiary/aromatic N) is 2. The minimum Gasteiger partial charge on any atom is -0.374 e. The van der Waals surface area contributed by atoms with E-state index in [0.29, 0.717) is 0 Å². The summed E-state index contributed by atoms with van der Waals surface area (Å²) in [6.07, 6.45) is 4.65. The van der Waals surface area contributed by atoms with Gasteiger partial charge in [-0.2, -0.15) is 0 Å². The predicted octanol–water partition coefficient (Wildman–Crippen LogP) is 4.03. The lowest BCUT2D eigenvalue weighted by molar-refractivity contribution is -0.117. The molecule has 1 fully saturated rings. The van der Waals surface area contributed by atoms with E-state index in [9.17, 15) is 9.59 Å². The van der Waals surface area contributed by atoms with Crippen molar-refractivity contribution in [2.75, 3.05) is 40.1 Å². The second kappa shape index (κ2) is 8.78. The zero-order valence-corrected chi connectivity index (χ0v) is 17.8. The highest BCUT2D eigenvalue weighted by Gasteiger charge is 2.23. The van der Waals surface area contributed by atoms with Crippen molar-refractivity contribution < 1.29 is 9.59 Å². The number of anilines is 4. The van der Waals surface area contributed by atoms with Crippen molar-refractivity contribution >= 4 is 34.6 Å². The average Bonchev–Trinajstić information content (AvgIpc) is 3.18. The molecule has 158 valence electrons. The number of amides is 2. The zero-order chi connectivity index (χ0) is 21.1. The highest BCUT2D eigenvalue weighted by atomic mass is 16.2. The third-order valence-electron chi connectivity index (χ3n) is 5.99. The van der Waals surface area contributed by atoms with Crippen LogP contribution in [0.5, 0.6) is 0 Å². The first-order valence-electron chi connectivity index (χ1n) is 10.8. The van der Waals surface area contributed by atoms with Crippen LogP contribution in [0.1, 0.15) is 38.7 Å². The molecule has 1 saturated heterocycles. The van der Waals surface area contributed by atoms with Crippen LogP contribution in [0.3, 0.4) is 0 Å². The Hall–Kier alpha value is -3.02. The van der Waals surface area contributed by atoms with Gasteiger partial charge in [0.1, 0.15) is 6.04 Å². The molecule has 0 aliphatic carbocycles. The molecule has 2 amide bonds. The van der Waals surface area contributed by atoms with Gasteiger partial charge >= 0.3 is 0 Å². The summed E-state index contributed by atoms with van der Waals surface area (Å²) in [5, 5.41) is 6.27. The number of nitrogens with one attached hydrogen (secondary N) is 2. The molecule has 2 heterocycles. The highest BCUT2D eigenvalue weighted by Crippen LogP contribution is 2.30. The smallest absolute Gasteiger partial charge is 0.246 e. The maximum Gasteiger partial charge on any atom is 0.246 e. The summed E-state index contributed by atoms with van der Waals surface area (Å²) >= 11 is 0. The Morgan fingerprint density at radius 2 is 1.63 bits per heavy atom. The Labute approximate surface area is 178 Å². The number of carbonyl (C=O) groups is 2. The fraction of sp³-hybridized carbons (Fsp3) is 0.417. The topological polar surface area (TPSA) is 64.7 Å². The molecule has 0 radical (unpaired) electrons. The molecule has 2 aliphatic rings. The van der Waals surface area contributed by atoms with Crippen LogP contribution in [0.2, 0.25) is 0 Å². The Kier molecular flexibility index (Phi) is 5.93. The molecule has 30 heavy (non-hydrogen) atoms. The third-order valence-corrected chi connectivity index (χ3v) is 5.99. The normalized spacial score (nSPS) is 16.7. The summed E-state index contributed by atoms with van der Waals surface area (Å²) < 4.78 is 0. The first-order chi connectivity index (χ1) is 14.5. The summed E-state index contributed by atoms with van der Waals surface area (Å²) in [6, 6.07) is 13.7. The Morgan fingerprint density at radius 1 is 0.933 bits per heavy atom. The van der Waals surface area contributed by atoms with E-state index in [0.717, 1.165) is 48.7 Å². The second-order valence-electron chi connectivity index (χ2n) is 8.21. The van der Waals surface area contributed by atoms with Crippen LogP contribution in [-0.4, -0.2) is 37.5 Å². The van der Waals surface area contributed by atoms with Gasteiger partial charge in [0.25, 0.3) is 0 Å². The number of hydrogen-bond donors (Lipinski definition) is 2. The van der Waals surface area contributed by atoms with Crippen molar-refractivity contribution in [3.8, 4) is 0 Å². The molecule has 2 aliphatic heterocycles. The number of fused-ring (bicyclic) bond motifs is 1. The molecular formula is C24H30N4O2. The summed E-state index contributed by atoms with van der Waals surface area (Å²) in [4.78, 5) is 28.5. The molecule has 1 atom stereocenters.